The summed E-state index contributed by atoms with van der Waals surface area (Å²) in [6.07, 6.45) is 2.45. The lowest BCUT2D eigenvalue weighted by atomic mass is 10.2. The number of aromatic nitrogens is 1. The van der Waals surface area contributed by atoms with Gasteiger partial charge in [0.1, 0.15) is 0 Å². The van der Waals surface area contributed by atoms with Crippen molar-refractivity contribution >= 4 is 21.8 Å². The maximum absolute atomic E-state index is 13.5. The second-order valence-corrected chi connectivity index (χ2v) is 5.06. The Kier molecular flexibility index (Phi) is 4.27. The van der Waals surface area contributed by atoms with Gasteiger partial charge in [0.25, 0.3) is 5.91 Å². The van der Waals surface area contributed by atoms with E-state index in [1.54, 1.807) is 7.05 Å². The maximum Gasteiger partial charge on any atom is 0.256 e. The van der Waals surface area contributed by atoms with Crippen LogP contribution in [0.4, 0.5) is 4.39 Å². The molecule has 1 aromatic heterocycles. The van der Waals surface area contributed by atoms with E-state index in [0.29, 0.717) is 6.54 Å². The van der Waals surface area contributed by atoms with Gasteiger partial charge in [-0.2, -0.15) is 0 Å². The lowest BCUT2D eigenvalue weighted by Crippen LogP contribution is -2.27. The zero-order chi connectivity index (χ0) is 13.8. The highest BCUT2D eigenvalue weighted by Gasteiger charge is 2.16. The van der Waals surface area contributed by atoms with E-state index in [4.69, 9.17) is 0 Å². The number of rotatable bonds is 3. The minimum atomic E-state index is -0.603. The van der Waals surface area contributed by atoms with Crippen LogP contribution in [0.1, 0.15) is 15.9 Å². The van der Waals surface area contributed by atoms with Gasteiger partial charge in [-0.3, -0.25) is 9.78 Å². The van der Waals surface area contributed by atoms with Crippen LogP contribution >= 0.6 is 15.9 Å². The first-order valence-corrected chi connectivity index (χ1v) is 6.46. The van der Waals surface area contributed by atoms with Crippen LogP contribution in [0.25, 0.3) is 0 Å². The van der Waals surface area contributed by atoms with Crippen molar-refractivity contribution in [3.63, 3.8) is 0 Å². The summed E-state index contributed by atoms with van der Waals surface area (Å²) in [6.45, 7) is 0.417. The van der Waals surface area contributed by atoms with Crippen LogP contribution in [-0.4, -0.2) is 22.8 Å². The third-order valence-corrected chi connectivity index (χ3v) is 3.15. The lowest BCUT2D eigenvalue weighted by Gasteiger charge is -2.17. The Balaban J connectivity index is 2.14. The SMILES string of the molecule is CN(Cc1cccc(Br)c1)C(=O)c1ccncc1F. The highest BCUT2D eigenvalue weighted by Crippen LogP contribution is 2.15. The molecule has 1 heterocycles. The first-order valence-electron chi connectivity index (χ1n) is 5.67. The van der Waals surface area contributed by atoms with Crippen molar-refractivity contribution in [1.29, 1.82) is 0 Å². The third kappa shape index (κ3) is 3.38. The Morgan fingerprint density at radius 3 is 2.89 bits per heavy atom. The van der Waals surface area contributed by atoms with Crippen molar-refractivity contribution in [2.24, 2.45) is 0 Å². The molecule has 0 saturated heterocycles. The molecule has 0 N–H and O–H groups in total. The van der Waals surface area contributed by atoms with Crippen LogP contribution in [0.3, 0.4) is 0 Å². The number of hydrogen-bond donors (Lipinski definition) is 0. The second kappa shape index (κ2) is 5.93. The molecule has 0 fully saturated rings. The molecule has 1 amide bonds. The van der Waals surface area contributed by atoms with Crippen molar-refractivity contribution in [2.75, 3.05) is 7.05 Å². The van der Waals surface area contributed by atoms with Crippen molar-refractivity contribution in [2.45, 2.75) is 6.54 Å². The van der Waals surface area contributed by atoms with Crippen LogP contribution in [0, 0.1) is 5.82 Å². The highest BCUT2D eigenvalue weighted by molar-refractivity contribution is 9.10. The smallest absolute Gasteiger partial charge is 0.256 e. The average molecular weight is 323 g/mol. The molecular weight excluding hydrogens is 311 g/mol. The molecule has 0 saturated carbocycles. The molecule has 0 unspecified atom stereocenters. The minimum absolute atomic E-state index is 0.0347. The van der Waals surface area contributed by atoms with Gasteiger partial charge in [0.15, 0.2) is 5.82 Å². The lowest BCUT2D eigenvalue weighted by molar-refractivity contribution is 0.0780. The van der Waals surface area contributed by atoms with Crippen molar-refractivity contribution in [3.05, 3.63) is 64.1 Å². The molecule has 2 rings (SSSR count). The van der Waals surface area contributed by atoms with Crippen LogP contribution in [-0.2, 0) is 6.54 Å². The first kappa shape index (κ1) is 13.7. The molecule has 0 bridgehead atoms. The van der Waals surface area contributed by atoms with Gasteiger partial charge in [-0.25, -0.2) is 4.39 Å². The van der Waals surface area contributed by atoms with E-state index >= 15 is 0 Å². The van der Waals surface area contributed by atoms with Gasteiger partial charge in [0.05, 0.1) is 11.8 Å². The van der Waals surface area contributed by atoms with Gasteiger partial charge < -0.3 is 4.90 Å². The summed E-state index contributed by atoms with van der Waals surface area (Å²) in [5.74, 6) is -0.964. The molecule has 0 aliphatic rings. The predicted molar refractivity (Wildman–Crippen MR) is 74.1 cm³/mol. The van der Waals surface area contributed by atoms with Crippen LogP contribution in [0.15, 0.2) is 47.2 Å². The van der Waals surface area contributed by atoms with Crippen LogP contribution in [0.5, 0.6) is 0 Å². The Bertz CT molecular complexity index is 604. The number of carbonyl (C=O) groups excluding carboxylic acids is 1. The summed E-state index contributed by atoms with van der Waals surface area (Å²) in [5.41, 5.74) is 1.01. The van der Waals surface area contributed by atoms with Crippen molar-refractivity contribution in [1.82, 2.24) is 9.88 Å². The quantitative estimate of drug-likeness (QED) is 0.869. The van der Waals surface area contributed by atoms with Gasteiger partial charge >= 0.3 is 0 Å². The summed E-state index contributed by atoms with van der Waals surface area (Å²) in [7, 11) is 1.64. The molecule has 1 aromatic carbocycles. The van der Waals surface area contributed by atoms with Crippen LogP contribution in [0.2, 0.25) is 0 Å². The molecule has 0 aliphatic carbocycles. The largest absolute Gasteiger partial charge is 0.337 e. The minimum Gasteiger partial charge on any atom is -0.337 e. The van der Waals surface area contributed by atoms with Crippen molar-refractivity contribution in [3.8, 4) is 0 Å². The number of nitrogens with zero attached hydrogens (tertiary/aromatic N) is 2. The Hall–Kier alpha value is -1.75. The number of amides is 1. The van der Waals surface area contributed by atoms with E-state index in [2.05, 4.69) is 20.9 Å². The monoisotopic (exact) mass is 322 g/mol. The highest BCUT2D eigenvalue weighted by atomic mass is 79.9. The van der Waals surface area contributed by atoms with Crippen LogP contribution < -0.4 is 0 Å². The molecule has 0 aliphatic heterocycles. The molecule has 5 heteroatoms. The molecule has 0 radical (unpaired) electrons. The molecule has 3 nitrogen and oxygen atoms in total. The summed E-state index contributed by atoms with van der Waals surface area (Å²) in [4.78, 5) is 17.2. The number of hydrogen-bond acceptors (Lipinski definition) is 2. The third-order valence-electron chi connectivity index (χ3n) is 2.66. The average Bonchev–Trinajstić information content (AvgIpc) is 2.38. The van der Waals surface area contributed by atoms with E-state index in [1.165, 1.54) is 17.2 Å². The summed E-state index contributed by atoms with van der Waals surface area (Å²) >= 11 is 3.37. The number of carbonyl (C=O) groups is 1. The summed E-state index contributed by atoms with van der Waals surface area (Å²) < 4.78 is 14.4. The van der Waals surface area contributed by atoms with Crippen molar-refractivity contribution < 1.29 is 9.18 Å². The second-order valence-electron chi connectivity index (χ2n) is 4.15. The topological polar surface area (TPSA) is 33.2 Å². The van der Waals surface area contributed by atoms with E-state index in [-0.39, 0.29) is 11.5 Å². The fourth-order valence-electron chi connectivity index (χ4n) is 1.74. The van der Waals surface area contributed by atoms with Gasteiger partial charge in [0, 0.05) is 24.3 Å². The Morgan fingerprint density at radius 2 is 2.21 bits per heavy atom. The van der Waals surface area contributed by atoms with Gasteiger partial charge in [0.2, 0.25) is 0 Å². The number of pyridine rings is 1. The van der Waals surface area contributed by atoms with Gasteiger partial charge in [-0.15, -0.1) is 0 Å². The molecule has 0 atom stereocenters. The van der Waals surface area contributed by atoms with E-state index in [9.17, 15) is 9.18 Å². The molecular formula is C14H12BrFN2O. The first-order chi connectivity index (χ1) is 9.08. The summed E-state index contributed by atoms with van der Waals surface area (Å²) in [5, 5.41) is 0. The van der Waals surface area contributed by atoms with E-state index in [1.807, 2.05) is 24.3 Å². The molecule has 2 aromatic rings. The maximum atomic E-state index is 13.5. The number of halogens is 2. The zero-order valence-corrected chi connectivity index (χ0v) is 11.9. The number of benzene rings is 1. The molecule has 98 valence electrons. The Labute approximate surface area is 119 Å². The van der Waals surface area contributed by atoms with E-state index in [0.717, 1.165) is 16.2 Å². The summed E-state index contributed by atoms with van der Waals surface area (Å²) in [6, 6.07) is 9.03. The Morgan fingerprint density at radius 1 is 1.42 bits per heavy atom. The van der Waals surface area contributed by atoms with E-state index < -0.39 is 5.82 Å². The zero-order valence-electron chi connectivity index (χ0n) is 10.3. The molecule has 0 spiro atoms. The standard InChI is InChI=1S/C14H12BrFN2O/c1-18(9-10-3-2-4-11(15)7-10)14(19)12-5-6-17-8-13(12)16/h2-8H,9H2,1H3. The fourth-order valence-corrected chi connectivity index (χ4v) is 2.18. The van der Waals surface area contributed by atoms with Gasteiger partial charge in [-0.1, -0.05) is 28.1 Å². The molecule has 19 heavy (non-hydrogen) atoms. The predicted octanol–water partition coefficient (Wildman–Crippen LogP) is 3.26. The fraction of sp³-hybridized carbons (Fsp3) is 0.143. The normalized spacial score (nSPS) is 10.3. The van der Waals surface area contributed by atoms with Gasteiger partial charge in [-0.05, 0) is 23.8 Å².